The number of ether oxygens (including phenoxy) is 1. The molecule has 1 atom stereocenters. The van der Waals surface area contributed by atoms with E-state index in [1.54, 1.807) is 6.33 Å². The second-order valence-corrected chi connectivity index (χ2v) is 4.87. The van der Waals surface area contributed by atoms with Gasteiger partial charge in [0.05, 0.1) is 12.9 Å². The SMILES string of the molecule is Nc1ncnc2c1ncn2CC1COc2ccccc21. The molecule has 3 heterocycles. The van der Waals surface area contributed by atoms with Gasteiger partial charge in [-0.25, -0.2) is 15.0 Å². The molecule has 0 fully saturated rings. The van der Waals surface area contributed by atoms with Gasteiger partial charge in [0.15, 0.2) is 11.5 Å². The topological polar surface area (TPSA) is 78.9 Å². The van der Waals surface area contributed by atoms with Crippen LogP contribution in [0, 0.1) is 0 Å². The van der Waals surface area contributed by atoms with Crippen LogP contribution in [-0.4, -0.2) is 26.1 Å². The summed E-state index contributed by atoms with van der Waals surface area (Å²) < 4.78 is 7.71. The predicted molar refractivity (Wildman–Crippen MR) is 74.4 cm³/mol. The zero-order chi connectivity index (χ0) is 13.5. The lowest BCUT2D eigenvalue weighted by Crippen LogP contribution is -2.10. The van der Waals surface area contributed by atoms with Crippen LogP contribution in [0.15, 0.2) is 36.9 Å². The van der Waals surface area contributed by atoms with Gasteiger partial charge in [-0.15, -0.1) is 0 Å². The summed E-state index contributed by atoms with van der Waals surface area (Å²) in [6.45, 7) is 1.45. The monoisotopic (exact) mass is 267 g/mol. The van der Waals surface area contributed by atoms with Crippen LogP contribution in [0.4, 0.5) is 5.82 Å². The predicted octanol–water partition coefficient (Wildman–Crippen LogP) is 1.58. The molecule has 20 heavy (non-hydrogen) atoms. The van der Waals surface area contributed by atoms with Crippen molar-refractivity contribution in [3.63, 3.8) is 0 Å². The van der Waals surface area contributed by atoms with Crippen molar-refractivity contribution in [2.75, 3.05) is 12.3 Å². The summed E-state index contributed by atoms with van der Waals surface area (Å²) in [4.78, 5) is 12.5. The number of anilines is 1. The van der Waals surface area contributed by atoms with Gasteiger partial charge in [-0.2, -0.15) is 0 Å². The van der Waals surface area contributed by atoms with Crippen LogP contribution in [0.25, 0.3) is 11.2 Å². The molecule has 4 rings (SSSR count). The van der Waals surface area contributed by atoms with Gasteiger partial charge < -0.3 is 15.0 Å². The fraction of sp³-hybridized carbons (Fsp3) is 0.214. The van der Waals surface area contributed by atoms with Crippen molar-refractivity contribution in [1.29, 1.82) is 0 Å². The molecule has 3 aromatic rings. The van der Waals surface area contributed by atoms with E-state index in [-0.39, 0.29) is 0 Å². The highest BCUT2D eigenvalue weighted by molar-refractivity contribution is 5.81. The number of nitrogens with zero attached hydrogens (tertiary/aromatic N) is 4. The van der Waals surface area contributed by atoms with Crippen LogP contribution in [0.1, 0.15) is 11.5 Å². The maximum Gasteiger partial charge on any atom is 0.165 e. The van der Waals surface area contributed by atoms with Crippen LogP contribution in [0.5, 0.6) is 5.75 Å². The standard InChI is InChI=1S/C14H13N5O/c15-13-12-14(17-7-16-13)19(8-18-12)5-9-6-20-11-4-2-1-3-10(9)11/h1-4,7-9H,5-6H2,(H2,15,16,17). The van der Waals surface area contributed by atoms with Crippen molar-refractivity contribution in [1.82, 2.24) is 19.5 Å². The summed E-state index contributed by atoms with van der Waals surface area (Å²) in [6.07, 6.45) is 3.23. The summed E-state index contributed by atoms with van der Waals surface area (Å²) in [5.41, 5.74) is 8.45. The number of nitrogens with two attached hydrogens (primary N) is 1. The van der Waals surface area contributed by atoms with Gasteiger partial charge in [-0.1, -0.05) is 18.2 Å². The van der Waals surface area contributed by atoms with E-state index in [2.05, 4.69) is 21.0 Å². The molecule has 2 aromatic heterocycles. The molecule has 0 spiro atoms. The summed E-state index contributed by atoms with van der Waals surface area (Å²) in [6, 6.07) is 8.13. The molecule has 1 aliphatic rings. The first-order valence-corrected chi connectivity index (χ1v) is 6.46. The first kappa shape index (κ1) is 11.2. The largest absolute Gasteiger partial charge is 0.493 e. The van der Waals surface area contributed by atoms with Gasteiger partial charge in [0.2, 0.25) is 0 Å². The van der Waals surface area contributed by atoms with Crippen LogP contribution in [0.3, 0.4) is 0 Å². The molecule has 1 unspecified atom stereocenters. The Morgan fingerprint density at radius 3 is 3.10 bits per heavy atom. The minimum absolute atomic E-state index is 0.305. The molecule has 1 aliphatic heterocycles. The molecule has 2 N–H and O–H groups in total. The Bertz CT molecular complexity index is 782. The second kappa shape index (κ2) is 4.19. The molecule has 100 valence electrons. The van der Waals surface area contributed by atoms with Crippen molar-refractivity contribution in [2.45, 2.75) is 12.5 Å². The number of nitrogen functional groups attached to an aromatic ring is 1. The first-order valence-electron chi connectivity index (χ1n) is 6.46. The number of rotatable bonds is 2. The van der Waals surface area contributed by atoms with E-state index in [4.69, 9.17) is 10.5 Å². The highest BCUT2D eigenvalue weighted by Gasteiger charge is 2.24. The highest BCUT2D eigenvalue weighted by Crippen LogP contribution is 2.34. The number of imidazole rings is 1. The molecule has 6 heteroatoms. The van der Waals surface area contributed by atoms with Crippen molar-refractivity contribution in [3.05, 3.63) is 42.5 Å². The first-order chi connectivity index (χ1) is 9.83. The van der Waals surface area contributed by atoms with Crippen LogP contribution in [0.2, 0.25) is 0 Å². The number of hydrogen-bond acceptors (Lipinski definition) is 5. The molecular weight excluding hydrogens is 254 g/mol. The van der Waals surface area contributed by atoms with E-state index < -0.39 is 0 Å². The third kappa shape index (κ3) is 1.61. The summed E-state index contributed by atoms with van der Waals surface area (Å²) in [5, 5.41) is 0. The van der Waals surface area contributed by atoms with E-state index in [0.717, 1.165) is 17.9 Å². The summed E-state index contributed by atoms with van der Waals surface area (Å²) in [5.74, 6) is 1.69. The zero-order valence-electron chi connectivity index (χ0n) is 10.7. The second-order valence-electron chi connectivity index (χ2n) is 4.87. The molecule has 0 bridgehead atoms. The van der Waals surface area contributed by atoms with Crippen LogP contribution >= 0.6 is 0 Å². The zero-order valence-corrected chi connectivity index (χ0v) is 10.7. The highest BCUT2D eigenvalue weighted by atomic mass is 16.5. The molecule has 0 aliphatic carbocycles. The van der Waals surface area contributed by atoms with Crippen molar-refractivity contribution in [3.8, 4) is 5.75 Å². The normalized spacial score (nSPS) is 17.1. The van der Waals surface area contributed by atoms with E-state index >= 15 is 0 Å². The summed E-state index contributed by atoms with van der Waals surface area (Å²) >= 11 is 0. The maximum absolute atomic E-state index is 5.80. The Balaban J connectivity index is 1.71. The fourth-order valence-corrected chi connectivity index (χ4v) is 2.65. The number of hydrogen-bond donors (Lipinski definition) is 1. The van der Waals surface area contributed by atoms with Crippen molar-refractivity contribution in [2.24, 2.45) is 0 Å². The molecule has 6 nitrogen and oxygen atoms in total. The van der Waals surface area contributed by atoms with E-state index in [1.807, 2.05) is 22.8 Å². The fourth-order valence-electron chi connectivity index (χ4n) is 2.65. The third-order valence-corrected chi connectivity index (χ3v) is 3.65. The Hall–Kier alpha value is -2.63. The van der Waals surface area contributed by atoms with Gasteiger partial charge in [-0.3, -0.25) is 0 Å². The van der Waals surface area contributed by atoms with Crippen LogP contribution in [-0.2, 0) is 6.54 Å². The number of benzene rings is 1. The smallest absolute Gasteiger partial charge is 0.165 e. The van der Waals surface area contributed by atoms with E-state index in [0.29, 0.717) is 23.9 Å². The molecule has 0 amide bonds. The Labute approximate surface area is 115 Å². The molecule has 0 saturated heterocycles. The minimum Gasteiger partial charge on any atom is -0.493 e. The van der Waals surface area contributed by atoms with Gasteiger partial charge >= 0.3 is 0 Å². The maximum atomic E-state index is 5.80. The van der Waals surface area contributed by atoms with Crippen LogP contribution < -0.4 is 10.5 Å². The van der Waals surface area contributed by atoms with Crippen molar-refractivity contribution >= 4 is 17.0 Å². The van der Waals surface area contributed by atoms with Gasteiger partial charge in [0.1, 0.15) is 17.6 Å². The van der Waals surface area contributed by atoms with E-state index in [9.17, 15) is 0 Å². The quantitative estimate of drug-likeness (QED) is 0.762. The van der Waals surface area contributed by atoms with Gasteiger partial charge in [0, 0.05) is 18.0 Å². The minimum atomic E-state index is 0.305. The average molecular weight is 267 g/mol. The summed E-state index contributed by atoms with van der Waals surface area (Å²) in [7, 11) is 0. The van der Waals surface area contributed by atoms with Gasteiger partial charge in [-0.05, 0) is 6.07 Å². The lowest BCUT2D eigenvalue weighted by Gasteiger charge is -2.10. The Kier molecular flexibility index (Phi) is 2.35. The van der Waals surface area contributed by atoms with Crippen molar-refractivity contribution < 1.29 is 4.74 Å². The lowest BCUT2D eigenvalue weighted by molar-refractivity contribution is 0.320. The number of aromatic nitrogens is 4. The third-order valence-electron chi connectivity index (χ3n) is 3.65. The lowest BCUT2D eigenvalue weighted by atomic mass is 10.0. The molecule has 1 aromatic carbocycles. The van der Waals surface area contributed by atoms with E-state index in [1.165, 1.54) is 11.9 Å². The molecule has 0 radical (unpaired) electrons. The number of fused-ring (bicyclic) bond motifs is 2. The Morgan fingerprint density at radius 1 is 1.25 bits per heavy atom. The van der Waals surface area contributed by atoms with Gasteiger partial charge in [0.25, 0.3) is 0 Å². The molecular formula is C14H13N5O. The average Bonchev–Trinajstić information content (AvgIpc) is 3.06. The molecule has 0 saturated carbocycles. The number of para-hydroxylation sites is 1. The Morgan fingerprint density at radius 2 is 2.15 bits per heavy atom.